The lowest BCUT2D eigenvalue weighted by Crippen LogP contribution is -2.34. The maximum absolute atomic E-state index is 11.2. The molecule has 70 valence electrons. The van der Waals surface area contributed by atoms with E-state index in [9.17, 15) is 4.79 Å². The molecule has 0 bridgehead atoms. The Morgan fingerprint density at radius 1 is 1.69 bits per heavy atom. The fraction of sp³-hybridized carbons (Fsp3) is 0.545. The minimum Gasteiger partial charge on any atom is -0.366 e. The van der Waals surface area contributed by atoms with E-state index in [-0.39, 0.29) is 17.3 Å². The van der Waals surface area contributed by atoms with Gasteiger partial charge in [0, 0.05) is 12.3 Å². The van der Waals surface area contributed by atoms with Crippen LogP contribution in [0.5, 0.6) is 0 Å². The summed E-state index contributed by atoms with van der Waals surface area (Å²) in [5, 5.41) is 0. The second-order valence-corrected chi connectivity index (χ2v) is 3.89. The number of hydrogen-bond donors (Lipinski definition) is 0. The van der Waals surface area contributed by atoms with Gasteiger partial charge in [0.05, 0.1) is 12.2 Å². The standard InChI is InChI=1S/C11H14O2/c1-3-8-7-13-11(2)5-4-9(12)6-10(8)11/h3-5,10H,6-7H2,1-2H3/t10-,11-/m0/s1. The molecule has 1 aliphatic heterocycles. The Labute approximate surface area is 78.3 Å². The number of ether oxygens (including phenoxy) is 1. The SMILES string of the molecule is CC=C1CO[C@@]2(C)C=CC(=O)C[C@@H]12. The van der Waals surface area contributed by atoms with Gasteiger partial charge in [-0.05, 0) is 31.6 Å². The number of hydrogen-bond acceptors (Lipinski definition) is 2. The van der Waals surface area contributed by atoms with E-state index in [2.05, 4.69) is 13.0 Å². The van der Waals surface area contributed by atoms with E-state index in [1.807, 2.05) is 13.0 Å². The fourth-order valence-electron chi connectivity index (χ4n) is 2.12. The number of carbonyl (C=O) groups excluding carboxylic acids is 1. The first-order valence-corrected chi connectivity index (χ1v) is 4.67. The van der Waals surface area contributed by atoms with E-state index in [0.29, 0.717) is 13.0 Å². The molecule has 0 saturated carbocycles. The molecular weight excluding hydrogens is 164 g/mol. The molecule has 0 spiro atoms. The molecule has 1 fully saturated rings. The number of ketones is 1. The zero-order valence-corrected chi connectivity index (χ0v) is 8.04. The van der Waals surface area contributed by atoms with Gasteiger partial charge in [0.1, 0.15) is 0 Å². The van der Waals surface area contributed by atoms with Crippen molar-refractivity contribution in [1.82, 2.24) is 0 Å². The molecule has 1 heterocycles. The average molecular weight is 178 g/mol. The summed E-state index contributed by atoms with van der Waals surface area (Å²) in [7, 11) is 0. The van der Waals surface area contributed by atoms with Crippen LogP contribution in [0.25, 0.3) is 0 Å². The van der Waals surface area contributed by atoms with Crippen LogP contribution in [0.15, 0.2) is 23.8 Å². The largest absolute Gasteiger partial charge is 0.366 e. The van der Waals surface area contributed by atoms with Gasteiger partial charge in [0.25, 0.3) is 0 Å². The molecule has 13 heavy (non-hydrogen) atoms. The summed E-state index contributed by atoms with van der Waals surface area (Å²) in [4.78, 5) is 11.2. The fourth-order valence-corrected chi connectivity index (χ4v) is 2.12. The van der Waals surface area contributed by atoms with Crippen LogP contribution in [-0.2, 0) is 9.53 Å². The minimum absolute atomic E-state index is 0.215. The van der Waals surface area contributed by atoms with E-state index < -0.39 is 0 Å². The van der Waals surface area contributed by atoms with Crippen molar-refractivity contribution in [1.29, 1.82) is 0 Å². The van der Waals surface area contributed by atoms with Gasteiger partial charge in [-0.25, -0.2) is 0 Å². The van der Waals surface area contributed by atoms with Gasteiger partial charge in [-0.15, -0.1) is 0 Å². The number of rotatable bonds is 0. The Morgan fingerprint density at radius 3 is 3.15 bits per heavy atom. The van der Waals surface area contributed by atoms with Crippen LogP contribution in [-0.4, -0.2) is 18.0 Å². The van der Waals surface area contributed by atoms with Crippen molar-refractivity contribution in [2.75, 3.05) is 6.61 Å². The van der Waals surface area contributed by atoms with E-state index in [1.165, 1.54) is 5.57 Å². The molecule has 2 aliphatic rings. The first-order valence-electron chi connectivity index (χ1n) is 4.67. The summed E-state index contributed by atoms with van der Waals surface area (Å²) in [5.74, 6) is 0.488. The van der Waals surface area contributed by atoms with E-state index in [0.717, 1.165) is 0 Å². The summed E-state index contributed by atoms with van der Waals surface area (Å²) in [6.45, 7) is 4.74. The number of allylic oxidation sites excluding steroid dienone is 2. The minimum atomic E-state index is -0.226. The molecule has 0 radical (unpaired) electrons. The van der Waals surface area contributed by atoms with Gasteiger partial charge < -0.3 is 4.74 Å². The normalized spacial score (nSPS) is 41.2. The van der Waals surface area contributed by atoms with Gasteiger partial charge >= 0.3 is 0 Å². The summed E-state index contributed by atoms with van der Waals surface area (Å²) in [6, 6.07) is 0. The molecular formula is C11H14O2. The molecule has 0 aromatic rings. The lowest BCUT2D eigenvalue weighted by Gasteiger charge is -2.29. The van der Waals surface area contributed by atoms with Crippen LogP contribution in [0, 0.1) is 5.92 Å². The highest BCUT2D eigenvalue weighted by atomic mass is 16.5. The predicted octanol–water partition coefficient (Wildman–Crippen LogP) is 1.87. The molecule has 2 atom stereocenters. The second kappa shape index (κ2) is 2.81. The highest BCUT2D eigenvalue weighted by Gasteiger charge is 2.43. The number of carbonyl (C=O) groups is 1. The molecule has 1 saturated heterocycles. The van der Waals surface area contributed by atoms with Crippen LogP contribution >= 0.6 is 0 Å². The van der Waals surface area contributed by atoms with Gasteiger partial charge in [-0.2, -0.15) is 0 Å². The Morgan fingerprint density at radius 2 is 2.46 bits per heavy atom. The van der Waals surface area contributed by atoms with Gasteiger partial charge in [-0.1, -0.05) is 6.08 Å². The monoisotopic (exact) mass is 178 g/mol. The van der Waals surface area contributed by atoms with E-state index >= 15 is 0 Å². The average Bonchev–Trinajstić information content (AvgIpc) is 2.43. The van der Waals surface area contributed by atoms with Gasteiger partial charge in [0.2, 0.25) is 0 Å². The predicted molar refractivity (Wildman–Crippen MR) is 50.4 cm³/mol. The lowest BCUT2D eigenvalue weighted by molar-refractivity contribution is -0.117. The molecule has 2 rings (SSSR count). The Kier molecular flexibility index (Phi) is 1.88. The molecule has 2 nitrogen and oxygen atoms in total. The maximum atomic E-state index is 11.2. The van der Waals surface area contributed by atoms with E-state index in [4.69, 9.17) is 4.74 Å². The van der Waals surface area contributed by atoms with Crippen LogP contribution < -0.4 is 0 Å². The summed E-state index contributed by atoms with van der Waals surface area (Å²) in [6.07, 6.45) is 6.23. The molecule has 0 amide bonds. The highest BCUT2D eigenvalue weighted by Crippen LogP contribution is 2.41. The highest BCUT2D eigenvalue weighted by molar-refractivity contribution is 5.91. The molecule has 1 aliphatic carbocycles. The maximum Gasteiger partial charge on any atom is 0.156 e. The van der Waals surface area contributed by atoms with E-state index in [1.54, 1.807) is 6.08 Å². The molecule has 2 heteroatoms. The number of fused-ring (bicyclic) bond motifs is 1. The van der Waals surface area contributed by atoms with Crippen LogP contribution in [0.1, 0.15) is 20.3 Å². The quantitative estimate of drug-likeness (QED) is 0.529. The second-order valence-electron chi connectivity index (χ2n) is 3.89. The third-order valence-electron chi connectivity index (χ3n) is 3.07. The van der Waals surface area contributed by atoms with Crippen molar-refractivity contribution in [2.45, 2.75) is 25.9 Å². The first-order chi connectivity index (χ1) is 6.15. The van der Waals surface area contributed by atoms with Crippen molar-refractivity contribution >= 4 is 5.78 Å². The molecule has 0 N–H and O–H groups in total. The third-order valence-corrected chi connectivity index (χ3v) is 3.07. The summed E-state index contributed by atoms with van der Waals surface area (Å²) >= 11 is 0. The van der Waals surface area contributed by atoms with Gasteiger partial charge in [0.15, 0.2) is 5.78 Å². The van der Waals surface area contributed by atoms with Crippen molar-refractivity contribution in [3.05, 3.63) is 23.8 Å². The zero-order chi connectivity index (χ0) is 9.47. The summed E-state index contributed by atoms with van der Waals surface area (Å²) < 4.78 is 5.69. The van der Waals surface area contributed by atoms with Crippen LogP contribution in [0.4, 0.5) is 0 Å². The van der Waals surface area contributed by atoms with Crippen molar-refractivity contribution in [2.24, 2.45) is 5.92 Å². The van der Waals surface area contributed by atoms with Crippen LogP contribution in [0.2, 0.25) is 0 Å². The molecule has 0 aromatic carbocycles. The van der Waals surface area contributed by atoms with Crippen molar-refractivity contribution in [3.63, 3.8) is 0 Å². The zero-order valence-electron chi connectivity index (χ0n) is 8.04. The van der Waals surface area contributed by atoms with Gasteiger partial charge in [-0.3, -0.25) is 4.79 Å². The lowest BCUT2D eigenvalue weighted by atomic mass is 9.78. The smallest absolute Gasteiger partial charge is 0.156 e. The Balaban J connectivity index is 2.36. The third kappa shape index (κ3) is 1.25. The van der Waals surface area contributed by atoms with Crippen molar-refractivity contribution < 1.29 is 9.53 Å². The van der Waals surface area contributed by atoms with Crippen LogP contribution in [0.3, 0.4) is 0 Å². The Bertz CT molecular complexity index is 301. The first kappa shape index (κ1) is 8.70. The molecule has 0 unspecified atom stereocenters. The molecule has 0 aromatic heterocycles. The summed E-state index contributed by atoms with van der Waals surface area (Å²) in [5.41, 5.74) is 1.04. The van der Waals surface area contributed by atoms with Crippen molar-refractivity contribution in [3.8, 4) is 0 Å². The topological polar surface area (TPSA) is 26.3 Å². The Hall–Kier alpha value is -0.890.